The minimum absolute atomic E-state index is 0.108. The van der Waals surface area contributed by atoms with Gasteiger partial charge in [0.2, 0.25) is 0 Å². The molecule has 1 aromatic heterocycles. The van der Waals surface area contributed by atoms with Crippen LogP contribution in [0.25, 0.3) is 17.4 Å². The van der Waals surface area contributed by atoms with E-state index in [1.54, 1.807) is 18.1 Å². The first-order valence-corrected chi connectivity index (χ1v) is 9.20. The number of ether oxygens (including phenoxy) is 1. The molecule has 4 nitrogen and oxygen atoms in total. The molecule has 0 bridgehead atoms. The fourth-order valence-electron chi connectivity index (χ4n) is 2.20. The maximum atomic E-state index is 12.4. The van der Waals surface area contributed by atoms with Crippen molar-refractivity contribution in [3.8, 4) is 11.3 Å². The molecule has 0 radical (unpaired) electrons. The summed E-state index contributed by atoms with van der Waals surface area (Å²) in [4.78, 5) is 14.5. The maximum absolute atomic E-state index is 12.4. The van der Waals surface area contributed by atoms with Crippen molar-refractivity contribution in [1.82, 2.24) is 4.90 Å². The van der Waals surface area contributed by atoms with Gasteiger partial charge in [-0.05, 0) is 24.3 Å². The van der Waals surface area contributed by atoms with Crippen LogP contribution in [0.1, 0.15) is 5.76 Å². The zero-order valence-corrected chi connectivity index (χ0v) is 16.0. The molecule has 2 heterocycles. The third kappa shape index (κ3) is 3.80. The molecule has 24 heavy (non-hydrogen) atoms. The van der Waals surface area contributed by atoms with Crippen LogP contribution in [0.2, 0.25) is 0 Å². The first kappa shape index (κ1) is 17.4. The van der Waals surface area contributed by atoms with Gasteiger partial charge in [-0.25, -0.2) is 0 Å². The molecule has 1 saturated heterocycles. The summed E-state index contributed by atoms with van der Waals surface area (Å²) in [6.07, 6.45) is 1.73. The van der Waals surface area contributed by atoms with Crippen molar-refractivity contribution in [2.75, 3.05) is 20.3 Å². The summed E-state index contributed by atoms with van der Waals surface area (Å²) in [5.41, 5.74) is 0.977. The molecule has 0 unspecified atom stereocenters. The maximum Gasteiger partial charge on any atom is 0.266 e. The predicted octanol–water partition coefficient (Wildman–Crippen LogP) is 4.56. The molecule has 7 heteroatoms. The summed E-state index contributed by atoms with van der Waals surface area (Å²) in [5.74, 6) is 1.27. The number of hydrogen-bond donors (Lipinski definition) is 0. The Kier molecular flexibility index (Phi) is 5.55. The van der Waals surface area contributed by atoms with Crippen molar-refractivity contribution in [2.24, 2.45) is 0 Å². The van der Waals surface area contributed by atoms with Crippen molar-refractivity contribution in [3.63, 3.8) is 0 Å². The van der Waals surface area contributed by atoms with Crippen molar-refractivity contribution in [2.45, 2.75) is 0 Å². The van der Waals surface area contributed by atoms with Gasteiger partial charge in [-0.2, -0.15) is 0 Å². The van der Waals surface area contributed by atoms with Crippen LogP contribution in [-0.2, 0) is 9.53 Å². The van der Waals surface area contributed by atoms with Crippen LogP contribution in [0.5, 0.6) is 0 Å². The topological polar surface area (TPSA) is 42.7 Å². The summed E-state index contributed by atoms with van der Waals surface area (Å²) in [5, 5.41) is 0. The SMILES string of the molecule is COCCN1C(=O)C(=Cc2ccc(-c3ccc(Br)cc3)o2)SC1=S. The van der Waals surface area contributed by atoms with Gasteiger partial charge in [0.1, 0.15) is 15.8 Å². The Bertz CT molecular complexity index is 798. The van der Waals surface area contributed by atoms with E-state index < -0.39 is 0 Å². The number of amides is 1. The highest BCUT2D eigenvalue weighted by Crippen LogP contribution is 2.33. The van der Waals surface area contributed by atoms with E-state index in [-0.39, 0.29) is 5.91 Å². The zero-order chi connectivity index (χ0) is 17.1. The van der Waals surface area contributed by atoms with E-state index in [1.807, 2.05) is 36.4 Å². The average molecular weight is 424 g/mol. The van der Waals surface area contributed by atoms with Gasteiger partial charge in [0.15, 0.2) is 0 Å². The number of halogens is 1. The number of hydrogen-bond acceptors (Lipinski definition) is 5. The molecular weight excluding hydrogens is 410 g/mol. The monoisotopic (exact) mass is 423 g/mol. The molecule has 1 aliphatic heterocycles. The van der Waals surface area contributed by atoms with Crippen molar-refractivity contribution >= 4 is 56.2 Å². The Morgan fingerprint density at radius 3 is 2.75 bits per heavy atom. The zero-order valence-electron chi connectivity index (χ0n) is 12.8. The van der Waals surface area contributed by atoms with Gasteiger partial charge >= 0.3 is 0 Å². The van der Waals surface area contributed by atoms with Crippen LogP contribution in [0, 0.1) is 0 Å². The Morgan fingerprint density at radius 2 is 2.04 bits per heavy atom. The minimum atomic E-state index is -0.108. The van der Waals surface area contributed by atoms with Crippen molar-refractivity contribution < 1.29 is 13.9 Å². The number of thioether (sulfide) groups is 1. The fourth-order valence-corrected chi connectivity index (χ4v) is 3.76. The number of rotatable bonds is 5. The third-order valence-corrected chi connectivity index (χ3v) is 5.33. The highest BCUT2D eigenvalue weighted by Gasteiger charge is 2.31. The normalized spacial score (nSPS) is 16.4. The van der Waals surface area contributed by atoms with Gasteiger partial charge in [-0.3, -0.25) is 9.69 Å². The number of nitrogens with zero attached hydrogens (tertiary/aromatic N) is 1. The summed E-state index contributed by atoms with van der Waals surface area (Å²) in [6, 6.07) is 11.6. The molecule has 1 fully saturated rings. The smallest absolute Gasteiger partial charge is 0.266 e. The van der Waals surface area contributed by atoms with Crippen molar-refractivity contribution in [1.29, 1.82) is 0 Å². The number of furan rings is 1. The standard InChI is InChI=1S/C17H14BrNO3S2/c1-21-9-8-19-16(20)15(24-17(19)23)10-13-6-7-14(22-13)11-2-4-12(18)5-3-11/h2-7,10H,8-9H2,1H3. The Morgan fingerprint density at radius 1 is 1.29 bits per heavy atom. The van der Waals surface area contributed by atoms with E-state index in [2.05, 4.69) is 15.9 Å². The van der Waals surface area contributed by atoms with Gasteiger partial charge in [-0.1, -0.05) is 52.0 Å². The molecule has 3 rings (SSSR count). The second kappa shape index (κ2) is 7.65. The predicted molar refractivity (Wildman–Crippen MR) is 104 cm³/mol. The number of carbonyl (C=O) groups excluding carboxylic acids is 1. The van der Waals surface area contributed by atoms with Crippen LogP contribution in [0.3, 0.4) is 0 Å². The minimum Gasteiger partial charge on any atom is -0.457 e. The van der Waals surface area contributed by atoms with Crippen molar-refractivity contribution in [3.05, 3.63) is 51.5 Å². The van der Waals surface area contributed by atoms with E-state index >= 15 is 0 Å². The van der Waals surface area contributed by atoms with E-state index in [0.717, 1.165) is 15.8 Å². The molecule has 0 spiro atoms. The van der Waals surface area contributed by atoms with Gasteiger partial charge in [0, 0.05) is 23.2 Å². The Hall–Kier alpha value is -1.41. The highest BCUT2D eigenvalue weighted by molar-refractivity contribution is 9.10. The van der Waals surface area contributed by atoms with Crippen LogP contribution < -0.4 is 0 Å². The van der Waals surface area contributed by atoms with Crippen LogP contribution in [0.4, 0.5) is 0 Å². The molecule has 124 valence electrons. The summed E-state index contributed by atoms with van der Waals surface area (Å²) >= 11 is 9.95. The summed E-state index contributed by atoms with van der Waals surface area (Å²) in [6.45, 7) is 0.912. The van der Waals surface area contributed by atoms with Crippen LogP contribution >= 0.6 is 39.9 Å². The van der Waals surface area contributed by atoms with Gasteiger partial charge in [-0.15, -0.1) is 0 Å². The molecule has 1 aliphatic rings. The van der Waals surface area contributed by atoms with Gasteiger partial charge in [0.05, 0.1) is 18.1 Å². The van der Waals surface area contributed by atoms with Crippen LogP contribution in [-0.4, -0.2) is 35.4 Å². The van der Waals surface area contributed by atoms with Gasteiger partial charge in [0.25, 0.3) is 5.91 Å². The van der Waals surface area contributed by atoms with E-state index in [0.29, 0.717) is 28.1 Å². The molecular formula is C17H14BrNO3S2. The first-order valence-electron chi connectivity index (χ1n) is 7.18. The van der Waals surface area contributed by atoms with Crippen LogP contribution in [0.15, 0.2) is 50.2 Å². The average Bonchev–Trinajstić information content (AvgIpc) is 3.13. The lowest BCUT2D eigenvalue weighted by atomic mass is 10.2. The second-order valence-corrected chi connectivity index (χ2v) is 7.63. The highest BCUT2D eigenvalue weighted by atomic mass is 79.9. The second-order valence-electron chi connectivity index (χ2n) is 5.04. The van der Waals surface area contributed by atoms with E-state index in [1.165, 1.54) is 11.8 Å². The Balaban J connectivity index is 1.78. The van der Waals surface area contributed by atoms with Gasteiger partial charge < -0.3 is 9.15 Å². The van der Waals surface area contributed by atoms with E-state index in [9.17, 15) is 4.79 Å². The molecule has 1 amide bonds. The third-order valence-electron chi connectivity index (χ3n) is 3.42. The molecule has 0 atom stereocenters. The molecule has 1 aromatic carbocycles. The lowest BCUT2D eigenvalue weighted by molar-refractivity contribution is -0.122. The lowest BCUT2D eigenvalue weighted by Gasteiger charge is -2.12. The lowest BCUT2D eigenvalue weighted by Crippen LogP contribution is -2.31. The molecule has 0 N–H and O–H groups in total. The quantitative estimate of drug-likeness (QED) is 0.520. The number of thiocarbonyl (C=S) groups is 1. The molecule has 2 aromatic rings. The summed E-state index contributed by atoms with van der Waals surface area (Å²) < 4.78 is 12.4. The number of carbonyl (C=O) groups is 1. The molecule has 0 saturated carbocycles. The number of methoxy groups -OCH3 is 1. The number of benzene rings is 1. The Labute approximate surface area is 158 Å². The van der Waals surface area contributed by atoms with E-state index in [4.69, 9.17) is 21.4 Å². The molecule has 0 aliphatic carbocycles. The first-order chi connectivity index (χ1) is 11.6. The largest absolute Gasteiger partial charge is 0.457 e. The summed E-state index contributed by atoms with van der Waals surface area (Å²) in [7, 11) is 1.60. The fraction of sp³-hybridized carbons (Fsp3) is 0.176.